The summed E-state index contributed by atoms with van der Waals surface area (Å²) < 4.78 is 6.83. The molecule has 0 radical (unpaired) electrons. The lowest BCUT2D eigenvalue weighted by Gasteiger charge is -2.14. The van der Waals surface area contributed by atoms with E-state index in [1.54, 1.807) is 0 Å². The second kappa shape index (κ2) is 7.60. The third-order valence-corrected chi connectivity index (χ3v) is 2.98. The smallest absolute Gasteiger partial charge is 0.0732 e. The highest BCUT2D eigenvalue weighted by atomic mass is 79.9. The second-order valence-electron chi connectivity index (χ2n) is 3.66. The SMILES string of the molecule is C=CCNCC(C)OCc1ccccc1Br. The van der Waals surface area contributed by atoms with Gasteiger partial charge >= 0.3 is 0 Å². The molecule has 3 heteroatoms. The van der Waals surface area contributed by atoms with Gasteiger partial charge in [0.05, 0.1) is 12.7 Å². The quantitative estimate of drug-likeness (QED) is 0.613. The minimum atomic E-state index is 0.201. The Kier molecular flexibility index (Phi) is 6.38. The first-order chi connectivity index (χ1) is 7.74. The standard InChI is InChI=1S/C13H18BrNO/c1-3-8-15-9-11(2)16-10-12-6-4-5-7-13(12)14/h3-7,11,15H,1,8-10H2,2H3. The van der Waals surface area contributed by atoms with Gasteiger partial charge in [-0.05, 0) is 18.6 Å². The average Bonchev–Trinajstić information content (AvgIpc) is 2.28. The zero-order chi connectivity index (χ0) is 11.8. The molecule has 0 aliphatic carbocycles. The Labute approximate surface area is 106 Å². The largest absolute Gasteiger partial charge is 0.372 e. The van der Waals surface area contributed by atoms with Crippen LogP contribution in [0.1, 0.15) is 12.5 Å². The predicted molar refractivity (Wildman–Crippen MR) is 71.5 cm³/mol. The summed E-state index contributed by atoms with van der Waals surface area (Å²) in [5.74, 6) is 0. The van der Waals surface area contributed by atoms with Gasteiger partial charge in [-0.15, -0.1) is 6.58 Å². The number of halogens is 1. The predicted octanol–water partition coefficient (Wildman–Crippen LogP) is 3.13. The maximum atomic E-state index is 5.73. The van der Waals surface area contributed by atoms with Crippen LogP contribution >= 0.6 is 15.9 Å². The zero-order valence-electron chi connectivity index (χ0n) is 9.58. The van der Waals surface area contributed by atoms with Crippen LogP contribution in [-0.2, 0) is 11.3 Å². The van der Waals surface area contributed by atoms with Crippen LogP contribution in [0.25, 0.3) is 0 Å². The van der Waals surface area contributed by atoms with Crippen molar-refractivity contribution in [2.24, 2.45) is 0 Å². The molecular formula is C13H18BrNO. The van der Waals surface area contributed by atoms with Gasteiger partial charge in [0, 0.05) is 17.6 Å². The molecule has 88 valence electrons. The van der Waals surface area contributed by atoms with E-state index in [9.17, 15) is 0 Å². The van der Waals surface area contributed by atoms with Crippen LogP contribution in [0.15, 0.2) is 41.4 Å². The number of rotatable bonds is 7. The molecule has 0 saturated heterocycles. The maximum Gasteiger partial charge on any atom is 0.0732 e. The Morgan fingerprint density at radius 3 is 2.94 bits per heavy atom. The van der Waals surface area contributed by atoms with Crippen LogP contribution in [0.2, 0.25) is 0 Å². The molecule has 1 aromatic rings. The lowest BCUT2D eigenvalue weighted by Crippen LogP contribution is -2.26. The molecule has 0 bridgehead atoms. The van der Waals surface area contributed by atoms with E-state index < -0.39 is 0 Å². The van der Waals surface area contributed by atoms with Crippen LogP contribution in [0.4, 0.5) is 0 Å². The monoisotopic (exact) mass is 283 g/mol. The summed E-state index contributed by atoms with van der Waals surface area (Å²) in [5.41, 5.74) is 1.18. The Morgan fingerprint density at radius 2 is 2.25 bits per heavy atom. The maximum absolute atomic E-state index is 5.73. The fourth-order valence-corrected chi connectivity index (χ4v) is 1.69. The van der Waals surface area contributed by atoms with Gasteiger partial charge in [-0.25, -0.2) is 0 Å². The van der Waals surface area contributed by atoms with Crippen LogP contribution in [0, 0.1) is 0 Å². The van der Waals surface area contributed by atoms with E-state index in [0.29, 0.717) is 6.61 Å². The van der Waals surface area contributed by atoms with Crippen LogP contribution < -0.4 is 5.32 Å². The summed E-state index contributed by atoms with van der Waals surface area (Å²) >= 11 is 3.50. The van der Waals surface area contributed by atoms with Gasteiger partial charge in [0.2, 0.25) is 0 Å². The molecule has 0 heterocycles. The van der Waals surface area contributed by atoms with Crippen molar-refractivity contribution in [2.75, 3.05) is 13.1 Å². The highest BCUT2D eigenvalue weighted by Gasteiger charge is 2.03. The summed E-state index contributed by atoms with van der Waals surface area (Å²) in [4.78, 5) is 0. The van der Waals surface area contributed by atoms with Crippen molar-refractivity contribution in [3.63, 3.8) is 0 Å². The van der Waals surface area contributed by atoms with Gasteiger partial charge in [-0.3, -0.25) is 0 Å². The molecule has 2 nitrogen and oxygen atoms in total. The summed E-state index contributed by atoms with van der Waals surface area (Å²) in [6.07, 6.45) is 2.05. The summed E-state index contributed by atoms with van der Waals surface area (Å²) in [6, 6.07) is 8.11. The molecule has 0 saturated carbocycles. The molecule has 1 aromatic carbocycles. The summed E-state index contributed by atoms with van der Waals surface area (Å²) in [6.45, 7) is 8.02. The van der Waals surface area contributed by atoms with Crippen molar-refractivity contribution in [1.82, 2.24) is 5.32 Å². The van der Waals surface area contributed by atoms with E-state index in [0.717, 1.165) is 17.6 Å². The van der Waals surface area contributed by atoms with E-state index in [1.165, 1.54) is 5.56 Å². The first-order valence-electron chi connectivity index (χ1n) is 5.40. The first kappa shape index (κ1) is 13.4. The fraction of sp³-hybridized carbons (Fsp3) is 0.385. The highest BCUT2D eigenvalue weighted by molar-refractivity contribution is 9.10. The van der Waals surface area contributed by atoms with Crippen molar-refractivity contribution in [1.29, 1.82) is 0 Å². The number of nitrogens with one attached hydrogen (secondary N) is 1. The van der Waals surface area contributed by atoms with Crippen molar-refractivity contribution in [2.45, 2.75) is 19.6 Å². The second-order valence-corrected chi connectivity index (χ2v) is 4.51. The van der Waals surface area contributed by atoms with Gasteiger partial charge in [0.1, 0.15) is 0 Å². The molecule has 0 aliphatic heterocycles. The highest BCUT2D eigenvalue weighted by Crippen LogP contribution is 2.16. The first-order valence-corrected chi connectivity index (χ1v) is 6.20. The molecule has 1 unspecified atom stereocenters. The molecular weight excluding hydrogens is 266 g/mol. The number of hydrogen-bond donors (Lipinski definition) is 1. The van der Waals surface area contributed by atoms with Gasteiger partial charge in [0.25, 0.3) is 0 Å². The van der Waals surface area contributed by atoms with Crippen molar-refractivity contribution in [3.05, 3.63) is 47.0 Å². The molecule has 0 aromatic heterocycles. The molecule has 0 amide bonds. The number of ether oxygens (including phenoxy) is 1. The van der Waals surface area contributed by atoms with E-state index >= 15 is 0 Å². The van der Waals surface area contributed by atoms with Gasteiger partial charge in [0.15, 0.2) is 0 Å². The van der Waals surface area contributed by atoms with Gasteiger partial charge < -0.3 is 10.1 Å². The Morgan fingerprint density at radius 1 is 1.50 bits per heavy atom. The van der Waals surface area contributed by atoms with Crippen LogP contribution in [-0.4, -0.2) is 19.2 Å². The van der Waals surface area contributed by atoms with Crippen molar-refractivity contribution >= 4 is 15.9 Å². The topological polar surface area (TPSA) is 21.3 Å². The van der Waals surface area contributed by atoms with Crippen molar-refractivity contribution < 1.29 is 4.74 Å². The van der Waals surface area contributed by atoms with Crippen molar-refractivity contribution in [3.8, 4) is 0 Å². The zero-order valence-corrected chi connectivity index (χ0v) is 11.2. The molecule has 0 spiro atoms. The van der Waals surface area contributed by atoms with E-state index in [4.69, 9.17) is 4.74 Å². The van der Waals surface area contributed by atoms with Crippen LogP contribution in [0.5, 0.6) is 0 Å². The van der Waals surface area contributed by atoms with Crippen LogP contribution in [0.3, 0.4) is 0 Å². The van der Waals surface area contributed by atoms with E-state index in [1.807, 2.05) is 24.3 Å². The third-order valence-electron chi connectivity index (χ3n) is 2.20. The summed E-state index contributed by atoms with van der Waals surface area (Å²) in [7, 11) is 0. The van der Waals surface area contributed by atoms with Gasteiger partial charge in [-0.2, -0.15) is 0 Å². The fourth-order valence-electron chi connectivity index (χ4n) is 1.30. The summed E-state index contributed by atoms with van der Waals surface area (Å²) in [5, 5.41) is 3.23. The third kappa shape index (κ3) is 4.92. The molecule has 1 N–H and O–H groups in total. The molecule has 0 aliphatic rings. The Balaban J connectivity index is 2.28. The minimum absolute atomic E-state index is 0.201. The molecule has 16 heavy (non-hydrogen) atoms. The lowest BCUT2D eigenvalue weighted by molar-refractivity contribution is 0.0535. The molecule has 1 atom stereocenters. The normalized spacial score (nSPS) is 12.4. The minimum Gasteiger partial charge on any atom is -0.372 e. The Bertz CT molecular complexity index is 327. The molecule has 1 rings (SSSR count). The van der Waals surface area contributed by atoms with Gasteiger partial charge in [-0.1, -0.05) is 40.2 Å². The van der Waals surface area contributed by atoms with E-state index in [2.05, 4.69) is 40.8 Å². The molecule has 0 fully saturated rings. The lowest BCUT2D eigenvalue weighted by atomic mass is 10.2. The average molecular weight is 284 g/mol. The Hall–Kier alpha value is -0.640. The van der Waals surface area contributed by atoms with E-state index in [-0.39, 0.29) is 6.10 Å². The number of hydrogen-bond acceptors (Lipinski definition) is 2. The number of benzene rings is 1.